The molecule has 0 nitrogen and oxygen atoms in total. The van der Waals surface area contributed by atoms with E-state index in [1.165, 1.54) is 43.0 Å². The molecule has 2 heteroatoms. The number of hydrogen-bond donors (Lipinski definition) is 0. The summed E-state index contributed by atoms with van der Waals surface area (Å²) in [6, 6.07) is 0. The SMILES string of the molecule is ICC1(C2(I)CC2)CCCC1. The minimum absolute atomic E-state index is 0.739. The summed E-state index contributed by atoms with van der Waals surface area (Å²) in [5, 5.41) is 0. The smallest absolute Gasteiger partial charge is 0.0286 e. The Morgan fingerprint density at radius 3 is 1.91 bits per heavy atom. The van der Waals surface area contributed by atoms with Crippen LogP contribution < -0.4 is 0 Å². The van der Waals surface area contributed by atoms with Crippen molar-refractivity contribution in [3.63, 3.8) is 0 Å². The molecule has 0 bridgehead atoms. The molecule has 0 heterocycles. The summed E-state index contributed by atoms with van der Waals surface area (Å²) in [7, 11) is 0. The van der Waals surface area contributed by atoms with Crippen LogP contribution >= 0.6 is 45.2 Å². The Kier molecular flexibility index (Phi) is 2.46. The standard InChI is InChI=1S/C9H14I2/c10-7-8(3-1-2-4-8)9(11)5-6-9/h1-7H2. The third-order valence-corrected chi connectivity index (χ3v) is 7.14. The summed E-state index contributed by atoms with van der Waals surface area (Å²) in [5.41, 5.74) is 0.758. The summed E-state index contributed by atoms with van der Waals surface area (Å²) in [5.74, 6) is 0. The van der Waals surface area contributed by atoms with E-state index in [1.54, 1.807) is 0 Å². The Bertz CT molecular complexity index is 155. The van der Waals surface area contributed by atoms with E-state index in [2.05, 4.69) is 45.2 Å². The molecule has 0 aromatic carbocycles. The molecule has 0 aromatic heterocycles. The molecule has 2 saturated carbocycles. The van der Waals surface area contributed by atoms with Gasteiger partial charge in [0.2, 0.25) is 0 Å². The Morgan fingerprint density at radius 2 is 1.55 bits per heavy atom. The highest BCUT2D eigenvalue weighted by molar-refractivity contribution is 14.1. The largest absolute Gasteiger partial charge is 0.0857 e. The van der Waals surface area contributed by atoms with Crippen LogP contribution in [-0.2, 0) is 0 Å². The molecule has 0 amide bonds. The highest BCUT2D eigenvalue weighted by atomic mass is 127. The van der Waals surface area contributed by atoms with Crippen molar-refractivity contribution in [2.45, 2.75) is 41.9 Å². The first-order valence-electron chi connectivity index (χ1n) is 4.47. The van der Waals surface area contributed by atoms with Crippen molar-refractivity contribution in [2.24, 2.45) is 5.41 Å². The Morgan fingerprint density at radius 1 is 1.00 bits per heavy atom. The zero-order chi connectivity index (χ0) is 7.95. The lowest BCUT2D eigenvalue weighted by molar-refractivity contribution is 0.337. The molecule has 2 fully saturated rings. The number of alkyl halides is 2. The maximum atomic E-state index is 2.74. The molecule has 0 N–H and O–H groups in total. The van der Waals surface area contributed by atoms with Gasteiger partial charge in [0.05, 0.1) is 0 Å². The number of hydrogen-bond acceptors (Lipinski definition) is 0. The molecule has 0 spiro atoms. The third-order valence-electron chi connectivity index (χ3n) is 3.46. The van der Waals surface area contributed by atoms with E-state index in [1.807, 2.05) is 0 Å². The van der Waals surface area contributed by atoms with Crippen LogP contribution in [0.3, 0.4) is 0 Å². The van der Waals surface area contributed by atoms with E-state index < -0.39 is 0 Å². The van der Waals surface area contributed by atoms with Crippen molar-refractivity contribution >= 4 is 45.2 Å². The maximum absolute atomic E-state index is 2.74. The van der Waals surface area contributed by atoms with Crippen molar-refractivity contribution in [1.82, 2.24) is 0 Å². The predicted octanol–water partition coefficient (Wildman–Crippen LogP) is 3.95. The molecule has 64 valence electrons. The van der Waals surface area contributed by atoms with Crippen LogP contribution in [0, 0.1) is 5.41 Å². The van der Waals surface area contributed by atoms with Gasteiger partial charge in [0, 0.05) is 7.85 Å². The van der Waals surface area contributed by atoms with Crippen molar-refractivity contribution < 1.29 is 0 Å². The maximum Gasteiger partial charge on any atom is 0.0286 e. The quantitative estimate of drug-likeness (QED) is 0.506. The van der Waals surface area contributed by atoms with E-state index in [0.717, 1.165) is 8.84 Å². The molecule has 2 aliphatic rings. The number of rotatable bonds is 2. The van der Waals surface area contributed by atoms with Gasteiger partial charge < -0.3 is 0 Å². The van der Waals surface area contributed by atoms with Gasteiger partial charge in [-0.25, -0.2) is 0 Å². The molecular formula is C9H14I2. The lowest BCUT2D eigenvalue weighted by Gasteiger charge is -2.32. The van der Waals surface area contributed by atoms with Gasteiger partial charge in [-0.05, 0) is 31.1 Å². The normalized spacial score (nSPS) is 32.2. The molecule has 2 aliphatic carbocycles. The second-order valence-corrected chi connectivity index (χ2v) is 6.91. The van der Waals surface area contributed by atoms with E-state index in [4.69, 9.17) is 0 Å². The molecule has 0 aromatic rings. The van der Waals surface area contributed by atoms with Crippen molar-refractivity contribution in [2.75, 3.05) is 4.43 Å². The molecule has 2 rings (SSSR count). The molecule has 0 saturated heterocycles. The van der Waals surface area contributed by atoms with Gasteiger partial charge >= 0.3 is 0 Å². The van der Waals surface area contributed by atoms with Gasteiger partial charge in [-0.3, -0.25) is 0 Å². The Labute approximate surface area is 96.2 Å². The monoisotopic (exact) mass is 376 g/mol. The summed E-state index contributed by atoms with van der Waals surface area (Å²) >= 11 is 5.34. The molecule has 0 aliphatic heterocycles. The minimum Gasteiger partial charge on any atom is -0.0857 e. The fourth-order valence-corrected chi connectivity index (χ4v) is 5.62. The lowest BCUT2D eigenvalue weighted by Crippen LogP contribution is -2.31. The lowest BCUT2D eigenvalue weighted by atomic mass is 9.83. The fraction of sp³-hybridized carbons (Fsp3) is 1.00. The summed E-state index contributed by atoms with van der Waals surface area (Å²) < 4.78 is 2.14. The fourth-order valence-electron chi connectivity index (χ4n) is 2.39. The summed E-state index contributed by atoms with van der Waals surface area (Å²) in [6.45, 7) is 0. The van der Waals surface area contributed by atoms with Crippen LogP contribution in [-0.4, -0.2) is 7.85 Å². The van der Waals surface area contributed by atoms with Gasteiger partial charge in [-0.2, -0.15) is 0 Å². The van der Waals surface area contributed by atoms with Gasteiger partial charge in [0.25, 0.3) is 0 Å². The van der Waals surface area contributed by atoms with Gasteiger partial charge in [-0.15, -0.1) is 0 Å². The topological polar surface area (TPSA) is 0 Å². The van der Waals surface area contributed by atoms with E-state index in [0.29, 0.717) is 0 Å². The van der Waals surface area contributed by atoms with Gasteiger partial charge in [0.15, 0.2) is 0 Å². The highest BCUT2D eigenvalue weighted by Gasteiger charge is 2.57. The van der Waals surface area contributed by atoms with Gasteiger partial charge in [0.1, 0.15) is 0 Å². The predicted molar refractivity (Wildman–Crippen MR) is 65.8 cm³/mol. The molecule has 0 radical (unpaired) electrons. The Hall–Kier alpha value is 1.46. The summed E-state index contributed by atoms with van der Waals surface area (Å²) in [4.78, 5) is 0. The molecular weight excluding hydrogens is 362 g/mol. The average molecular weight is 376 g/mol. The molecule has 0 atom stereocenters. The first-order valence-corrected chi connectivity index (χ1v) is 7.08. The van der Waals surface area contributed by atoms with Crippen molar-refractivity contribution in [3.8, 4) is 0 Å². The van der Waals surface area contributed by atoms with E-state index in [-0.39, 0.29) is 0 Å². The average Bonchev–Trinajstić information content (AvgIpc) is 2.62. The minimum atomic E-state index is 0.739. The van der Waals surface area contributed by atoms with Crippen LogP contribution in [0.4, 0.5) is 0 Å². The Balaban J connectivity index is 2.15. The van der Waals surface area contributed by atoms with Crippen LogP contribution in [0.15, 0.2) is 0 Å². The first-order chi connectivity index (χ1) is 5.22. The van der Waals surface area contributed by atoms with E-state index >= 15 is 0 Å². The zero-order valence-electron chi connectivity index (χ0n) is 6.71. The molecule has 0 unspecified atom stereocenters. The summed E-state index contributed by atoms with van der Waals surface area (Å²) in [6.07, 6.45) is 9.01. The van der Waals surface area contributed by atoms with Crippen molar-refractivity contribution in [3.05, 3.63) is 0 Å². The van der Waals surface area contributed by atoms with Crippen molar-refractivity contribution in [1.29, 1.82) is 0 Å². The highest BCUT2D eigenvalue weighted by Crippen LogP contribution is 2.64. The van der Waals surface area contributed by atoms with Gasteiger partial charge in [-0.1, -0.05) is 58.0 Å². The third kappa shape index (κ3) is 1.36. The van der Waals surface area contributed by atoms with Crippen LogP contribution in [0.5, 0.6) is 0 Å². The van der Waals surface area contributed by atoms with Crippen LogP contribution in [0.25, 0.3) is 0 Å². The first kappa shape index (κ1) is 9.03. The second kappa shape index (κ2) is 3.00. The number of halogens is 2. The van der Waals surface area contributed by atoms with Crippen LogP contribution in [0.2, 0.25) is 0 Å². The zero-order valence-corrected chi connectivity index (χ0v) is 11.0. The second-order valence-electron chi connectivity index (χ2n) is 4.09. The van der Waals surface area contributed by atoms with E-state index in [9.17, 15) is 0 Å². The molecule has 11 heavy (non-hydrogen) atoms. The van der Waals surface area contributed by atoms with Crippen LogP contribution in [0.1, 0.15) is 38.5 Å².